The molecule has 1 aromatic rings. The zero-order valence-electron chi connectivity index (χ0n) is 11.4. The van der Waals surface area contributed by atoms with Crippen molar-refractivity contribution in [2.75, 3.05) is 13.2 Å². The molecule has 0 aromatic carbocycles. The zero-order chi connectivity index (χ0) is 12.6. The normalized spacial score (nSPS) is 35.0. The van der Waals surface area contributed by atoms with E-state index in [0.717, 1.165) is 37.8 Å². The lowest BCUT2D eigenvalue weighted by Gasteiger charge is -2.23. The summed E-state index contributed by atoms with van der Waals surface area (Å²) in [6.45, 7) is 7.08. The average Bonchev–Trinajstić information content (AvgIpc) is 2.79. The molecule has 3 nitrogen and oxygen atoms in total. The number of nitrogens with one attached hydrogen (secondary N) is 1. The van der Waals surface area contributed by atoms with Crippen molar-refractivity contribution in [2.24, 2.45) is 5.92 Å². The van der Waals surface area contributed by atoms with Gasteiger partial charge in [-0.05, 0) is 44.2 Å². The minimum atomic E-state index is 0.0282. The van der Waals surface area contributed by atoms with Gasteiger partial charge in [-0.15, -0.1) is 0 Å². The molecule has 2 aliphatic rings. The van der Waals surface area contributed by atoms with Crippen LogP contribution in [0.15, 0.2) is 16.5 Å². The van der Waals surface area contributed by atoms with Gasteiger partial charge in [-0.1, -0.05) is 6.92 Å². The zero-order valence-corrected chi connectivity index (χ0v) is 11.4. The fraction of sp³-hybridized carbons (Fsp3) is 0.733. The van der Waals surface area contributed by atoms with Crippen LogP contribution in [0.25, 0.3) is 0 Å². The molecule has 0 amide bonds. The maximum Gasteiger partial charge on any atom is 0.117 e. The van der Waals surface area contributed by atoms with Crippen LogP contribution < -0.4 is 5.32 Å². The highest BCUT2D eigenvalue weighted by atomic mass is 16.5. The smallest absolute Gasteiger partial charge is 0.117 e. The van der Waals surface area contributed by atoms with Crippen molar-refractivity contribution in [3.63, 3.8) is 0 Å². The summed E-state index contributed by atoms with van der Waals surface area (Å²) in [5.41, 5.74) is 0.0282. The first-order valence-corrected chi connectivity index (χ1v) is 7.10. The lowest BCUT2D eigenvalue weighted by molar-refractivity contribution is 0.0204. The highest BCUT2D eigenvalue weighted by Crippen LogP contribution is 2.47. The van der Waals surface area contributed by atoms with Gasteiger partial charge in [-0.2, -0.15) is 0 Å². The van der Waals surface area contributed by atoms with Crippen LogP contribution in [-0.4, -0.2) is 18.8 Å². The molecule has 2 heterocycles. The third kappa shape index (κ3) is 2.62. The molecule has 100 valence electrons. The Balaban J connectivity index is 1.46. The second-order valence-electron chi connectivity index (χ2n) is 6.13. The fourth-order valence-electron chi connectivity index (χ4n) is 2.83. The molecular weight excluding hydrogens is 226 g/mol. The lowest BCUT2D eigenvalue weighted by atomic mass is 10.0. The second-order valence-corrected chi connectivity index (χ2v) is 6.13. The molecule has 1 N–H and O–H groups in total. The van der Waals surface area contributed by atoms with Crippen LogP contribution in [0.3, 0.4) is 0 Å². The van der Waals surface area contributed by atoms with Gasteiger partial charge >= 0.3 is 0 Å². The van der Waals surface area contributed by atoms with Gasteiger partial charge in [0.2, 0.25) is 0 Å². The van der Waals surface area contributed by atoms with Gasteiger partial charge < -0.3 is 14.5 Å². The SMILES string of the molecule is CC1CC1c1ccc(CNCC2(C)CCCO2)o1. The molecule has 3 heteroatoms. The summed E-state index contributed by atoms with van der Waals surface area (Å²) < 4.78 is 11.6. The molecular formula is C15H23NO2. The molecule has 1 saturated heterocycles. The molecule has 3 atom stereocenters. The summed E-state index contributed by atoms with van der Waals surface area (Å²) in [5.74, 6) is 3.70. The van der Waals surface area contributed by atoms with E-state index in [1.807, 2.05) is 0 Å². The largest absolute Gasteiger partial charge is 0.464 e. The van der Waals surface area contributed by atoms with Crippen LogP contribution in [0.1, 0.15) is 50.5 Å². The Labute approximate surface area is 109 Å². The first kappa shape index (κ1) is 12.2. The number of ether oxygens (including phenoxy) is 1. The minimum Gasteiger partial charge on any atom is -0.464 e. The Hall–Kier alpha value is -0.800. The Kier molecular flexibility index (Phi) is 3.20. The number of furan rings is 1. The van der Waals surface area contributed by atoms with Gasteiger partial charge in [0.25, 0.3) is 0 Å². The third-order valence-corrected chi connectivity index (χ3v) is 4.26. The van der Waals surface area contributed by atoms with Gasteiger partial charge in [0.15, 0.2) is 0 Å². The number of rotatable bonds is 5. The molecule has 3 rings (SSSR count). The van der Waals surface area contributed by atoms with E-state index in [9.17, 15) is 0 Å². The monoisotopic (exact) mass is 249 g/mol. The Bertz CT molecular complexity index is 406. The van der Waals surface area contributed by atoms with E-state index in [4.69, 9.17) is 9.15 Å². The summed E-state index contributed by atoms with van der Waals surface area (Å²) >= 11 is 0. The molecule has 1 aromatic heterocycles. The van der Waals surface area contributed by atoms with E-state index in [1.165, 1.54) is 18.6 Å². The standard InChI is InChI=1S/C15H23NO2/c1-11-8-13(11)14-5-4-12(18-14)9-16-10-15(2)6-3-7-17-15/h4-5,11,13,16H,3,6-10H2,1-2H3. The summed E-state index contributed by atoms with van der Waals surface area (Å²) in [6, 6.07) is 4.24. The van der Waals surface area contributed by atoms with E-state index < -0.39 is 0 Å². The highest BCUT2D eigenvalue weighted by molar-refractivity contribution is 5.17. The molecule has 1 aliphatic carbocycles. The van der Waals surface area contributed by atoms with E-state index in [2.05, 4.69) is 31.3 Å². The van der Waals surface area contributed by atoms with Crippen molar-refractivity contribution in [3.05, 3.63) is 23.7 Å². The average molecular weight is 249 g/mol. The predicted molar refractivity (Wildman–Crippen MR) is 70.5 cm³/mol. The molecule has 0 spiro atoms. The summed E-state index contributed by atoms with van der Waals surface area (Å²) in [6.07, 6.45) is 3.62. The van der Waals surface area contributed by atoms with Crippen LogP contribution in [0, 0.1) is 5.92 Å². The quantitative estimate of drug-likeness (QED) is 0.871. The maximum absolute atomic E-state index is 5.87. The van der Waals surface area contributed by atoms with Crippen molar-refractivity contribution >= 4 is 0 Å². The third-order valence-electron chi connectivity index (χ3n) is 4.26. The Morgan fingerprint density at radius 1 is 1.44 bits per heavy atom. The van der Waals surface area contributed by atoms with Gasteiger partial charge in [0, 0.05) is 19.1 Å². The van der Waals surface area contributed by atoms with E-state index >= 15 is 0 Å². The molecule has 18 heavy (non-hydrogen) atoms. The molecule has 2 fully saturated rings. The summed E-state index contributed by atoms with van der Waals surface area (Å²) in [4.78, 5) is 0. The maximum atomic E-state index is 5.87. The van der Waals surface area contributed by atoms with Gasteiger partial charge in [-0.25, -0.2) is 0 Å². The van der Waals surface area contributed by atoms with E-state index in [1.54, 1.807) is 0 Å². The molecule has 1 saturated carbocycles. The van der Waals surface area contributed by atoms with Gasteiger partial charge in [0.05, 0.1) is 12.1 Å². The van der Waals surface area contributed by atoms with Gasteiger partial charge in [0.1, 0.15) is 11.5 Å². The fourth-order valence-corrected chi connectivity index (χ4v) is 2.83. The first-order chi connectivity index (χ1) is 8.66. The van der Waals surface area contributed by atoms with Crippen LogP contribution in [0.2, 0.25) is 0 Å². The van der Waals surface area contributed by atoms with Crippen LogP contribution >= 0.6 is 0 Å². The first-order valence-electron chi connectivity index (χ1n) is 7.10. The van der Waals surface area contributed by atoms with Crippen LogP contribution in [0.5, 0.6) is 0 Å². The summed E-state index contributed by atoms with van der Waals surface area (Å²) in [7, 11) is 0. The van der Waals surface area contributed by atoms with Crippen molar-refractivity contribution < 1.29 is 9.15 Å². The highest BCUT2D eigenvalue weighted by Gasteiger charge is 2.36. The van der Waals surface area contributed by atoms with Crippen molar-refractivity contribution in [1.82, 2.24) is 5.32 Å². The predicted octanol–water partition coefficient (Wildman–Crippen LogP) is 3.06. The Morgan fingerprint density at radius 2 is 2.28 bits per heavy atom. The number of hydrogen-bond donors (Lipinski definition) is 1. The van der Waals surface area contributed by atoms with E-state index in [0.29, 0.717) is 5.92 Å². The molecule has 0 bridgehead atoms. The molecule has 0 radical (unpaired) electrons. The summed E-state index contributed by atoms with van der Waals surface area (Å²) in [5, 5.41) is 3.45. The van der Waals surface area contributed by atoms with Crippen LogP contribution in [-0.2, 0) is 11.3 Å². The second kappa shape index (κ2) is 4.71. The van der Waals surface area contributed by atoms with Crippen molar-refractivity contribution in [2.45, 2.75) is 51.2 Å². The lowest BCUT2D eigenvalue weighted by Crippen LogP contribution is -2.36. The van der Waals surface area contributed by atoms with Crippen molar-refractivity contribution in [3.8, 4) is 0 Å². The van der Waals surface area contributed by atoms with Crippen molar-refractivity contribution in [1.29, 1.82) is 0 Å². The van der Waals surface area contributed by atoms with E-state index in [-0.39, 0.29) is 5.60 Å². The molecule has 3 unspecified atom stereocenters. The molecule has 1 aliphatic heterocycles. The van der Waals surface area contributed by atoms with Gasteiger partial charge in [-0.3, -0.25) is 0 Å². The Morgan fingerprint density at radius 3 is 2.94 bits per heavy atom. The van der Waals surface area contributed by atoms with Crippen LogP contribution in [0.4, 0.5) is 0 Å². The number of hydrogen-bond acceptors (Lipinski definition) is 3. The topological polar surface area (TPSA) is 34.4 Å². The minimum absolute atomic E-state index is 0.0282.